The maximum absolute atomic E-state index is 12.6. The van der Waals surface area contributed by atoms with Gasteiger partial charge < -0.3 is 4.90 Å². The highest BCUT2D eigenvalue weighted by Gasteiger charge is 2.29. The molecule has 1 atom stereocenters. The number of hydrogen-bond donors (Lipinski definition) is 0. The number of likely N-dealkylation sites (tertiary alicyclic amines) is 1. The molecule has 0 N–H and O–H groups in total. The van der Waals surface area contributed by atoms with Crippen molar-refractivity contribution in [2.24, 2.45) is 0 Å². The minimum atomic E-state index is -3.40. The number of aryl methyl sites for hydroxylation is 1. The lowest BCUT2D eigenvalue weighted by Crippen LogP contribution is -2.39. The summed E-state index contributed by atoms with van der Waals surface area (Å²) in [5, 5.41) is 0. The lowest BCUT2D eigenvalue weighted by Gasteiger charge is -2.24. The van der Waals surface area contributed by atoms with Crippen LogP contribution in [0.1, 0.15) is 23.3 Å². The van der Waals surface area contributed by atoms with Gasteiger partial charge in [0.2, 0.25) is 0 Å². The fourth-order valence-corrected chi connectivity index (χ4v) is 5.74. The molecule has 1 aromatic rings. The Balaban J connectivity index is 2.16. The molecule has 0 amide bonds. The van der Waals surface area contributed by atoms with Gasteiger partial charge >= 0.3 is 0 Å². The molecule has 7 heteroatoms. The zero-order chi connectivity index (χ0) is 14.9. The van der Waals surface area contributed by atoms with Gasteiger partial charge in [-0.25, -0.2) is 8.42 Å². The van der Waals surface area contributed by atoms with Crippen molar-refractivity contribution in [1.82, 2.24) is 9.21 Å². The number of halogens is 1. The summed E-state index contributed by atoms with van der Waals surface area (Å²) >= 11 is 7.11. The molecule has 0 aromatic carbocycles. The fraction of sp³-hybridized carbons (Fsp3) is 0.692. The molecule has 114 valence electrons. The molecule has 1 aromatic heterocycles. The first-order valence-electron chi connectivity index (χ1n) is 6.68. The van der Waals surface area contributed by atoms with Gasteiger partial charge in [0.1, 0.15) is 4.21 Å². The van der Waals surface area contributed by atoms with Gasteiger partial charge in [-0.1, -0.05) is 0 Å². The third-order valence-corrected chi connectivity index (χ3v) is 7.86. The number of hydrogen-bond acceptors (Lipinski definition) is 4. The van der Waals surface area contributed by atoms with Crippen LogP contribution in [0.3, 0.4) is 0 Å². The second kappa shape index (κ2) is 6.32. The number of nitrogens with zero attached hydrogens (tertiary/aromatic N) is 2. The summed E-state index contributed by atoms with van der Waals surface area (Å²) < 4.78 is 27.0. The van der Waals surface area contributed by atoms with Crippen LogP contribution in [-0.2, 0) is 15.9 Å². The second-order valence-corrected chi connectivity index (χ2v) is 9.04. The SMILES string of the molecule is Cc1cc(S(=O)(=O)N(C)CC2CCCN2C)sc1CCl. The third-order valence-electron chi connectivity index (χ3n) is 3.92. The largest absolute Gasteiger partial charge is 0.302 e. The van der Waals surface area contributed by atoms with Crippen molar-refractivity contribution in [2.75, 3.05) is 27.2 Å². The average molecular weight is 337 g/mol. The van der Waals surface area contributed by atoms with E-state index in [1.54, 1.807) is 13.1 Å². The van der Waals surface area contributed by atoms with Crippen molar-refractivity contribution in [2.45, 2.75) is 35.9 Å². The predicted octanol–water partition coefficient (Wildman–Crippen LogP) is 2.51. The maximum Gasteiger partial charge on any atom is 0.252 e. The molecular weight excluding hydrogens is 316 g/mol. The van der Waals surface area contributed by atoms with Crippen molar-refractivity contribution in [3.63, 3.8) is 0 Å². The van der Waals surface area contributed by atoms with E-state index in [2.05, 4.69) is 11.9 Å². The normalized spacial score (nSPS) is 20.9. The van der Waals surface area contributed by atoms with E-state index in [1.807, 2.05) is 6.92 Å². The van der Waals surface area contributed by atoms with Gasteiger partial charge in [-0.3, -0.25) is 0 Å². The van der Waals surface area contributed by atoms with E-state index in [0.717, 1.165) is 29.8 Å². The van der Waals surface area contributed by atoms with Crippen LogP contribution in [0.4, 0.5) is 0 Å². The second-order valence-electron chi connectivity index (χ2n) is 5.37. The molecule has 0 radical (unpaired) electrons. The smallest absolute Gasteiger partial charge is 0.252 e. The Morgan fingerprint density at radius 1 is 1.55 bits per heavy atom. The first-order chi connectivity index (χ1) is 9.36. The van der Waals surface area contributed by atoms with Crippen molar-refractivity contribution < 1.29 is 8.42 Å². The first-order valence-corrected chi connectivity index (χ1v) is 9.47. The maximum atomic E-state index is 12.6. The van der Waals surface area contributed by atoms with E-state index < -0.39 is 10.0 Å². The van der Waals surface area contributed by atoms with Gasteiger partial charge in [-0.2, -0.15) is 4.31 Å². The Bertz CT molecular complexity index is 571. The van der Waals surface area contributed by atoms with E-state index in [-0.39, 0.29) is 0 Å². The highest BCUT2D eigenvalue weighted by Crippen LogP contribution is 2.29. The summed E-state index contributed by atoms with van der Waals surface area (Å²) in [6.07, 6.45) is 2.20. The Kier molecular flexibility index (Phi) is 5.13. The minimum Gasteiger partial charge on any atom is -0.302 e. The van der Waals surface area contributed by atoms with Gasteiger partial charge in [-0.05, 0) is 45.0 Å². The lowest BCUT2D eigenvalue weighted by atomic mass is 10.2. The topological polar surface area (TPSA) is 40.6 Å². The summed E-state index contributed by atoms with van der Waals surface area (Å²) in [5.41, 5.74) is 0.954. The van der Waals surface area contributed by atoms with Gasteiger partial charge in [0, 0.05) is 24.5 Å². The molecule has 0 saturated carbocycles. The molecule has 1 aliphatic heterocycles. The number of alkyl halides is 1. The molecule has 4 nitrogen and oxygen atoms in total. The van der Waals surface area contributed by atoms with Crippen LogP contribution in [0.25, 0.3) is 0 Å². The molecule has 2 heterocycles. The standard InChI is InChI=1S/C13H21ClN2O2S2/c1-10-7-13(19-12(10)8-14)20(17,18)16(3)9-11-5-4-6-15(11)2/h7,11H,4-6,8-9H2,1-3H3. The van der Waals surface area contributed by atoms with E-state index in [9.17, 15) is 8.42 Å². The molecule has 1 saturated heterocycles. The van der Waals surface area contributed by atoms with Crippen molar-refractivity contribution in [1.29, 1.82) is 0 Å². The molecule has 1 unspecified atom stereocenters. The third kappa shape index (κ3) is 3.20. The lowest BCUT2D eigenvalue weighted by molar-refractivity contribution is 0.271. The summed E-state index contributed by atoms with van der Waals surface area (Å²) in [5.74, 6) is 0.362. The van der Waals surface area contributed by atoms with E-state index >= 15 is 0 Å². The fourth-order valence-electron chi connectivity index (χ4n) is 2.51. The minimum absolute atomic E-state index is 0.323. The van der Waals surface area contributed by atoms with Crippen LogP contribution in [0.5, 0.6) is 0 Å². The molecule has 1 fully saturated rings. The number of sulfonamides is 1. The van der Waals surface area contributed by atoms with Crippen LogP contribution < -0.4 is 0 Å². The summed E-state index contributed by atoms with van der Waals surface area (Å²) in [6.45, 7) is 3.50. The molecular formula is C13H21ClN2O2S2. The van der Waals surface area contributed by atoms with Crippen LogP contribution in [0.2, 0.25) is 0 Å². The summed E-state index contributed by atoms with van der Waals surface area (Å²) in [4.78, 5) is 3.16. The van der Waals surface area contributed by atoms with Crippen LogP contribution >= 0.6 is 22.9 Å². The predicted molar refractivity (Wildman–Crippen MR) is 84.1 cm³/mol. The van der Waals surface area contributed by atoms with Crippen molar-refractivity contribution in [3.05, 3.63) is 16.5 Å². The Morgan fingerprint density at radius 3 is 2.75 bits per heavy atom. The molecule has 0 bridgehead atoms. The number of thiophene rings is 1. The van der Waals surface area contributed by atoms with E-state index in [4.69, 9.17) is 11.6 Å². The molecule has 1 aliphatic rings. The van der Waals surface area contributed by atoms with Gasteiger partial charge in [0.25, 0.3) is 10.0 Å². The Morgan fingerprint density at radius 2 is 2.25 bits per heavy atom. The Labute approximate surface area is 130 Å². The van der Waals surface area contributed by atoms with E-state index in [1.165, 1.54) is 15.6 Å². The molecule has 0 spiro atoms. The average Bonchev–Trinajstić information content (AvgIpc) is 2.96. The van der Waals surface area contributed by atoms with Gasteiger partial charge in [-0.15, -0.1) is 22.9 Å². The van der Waals surface area contributed by atoms with Crippen molar-refractivity contribution in [3.8, 4) is 0 Å². The monoisotopic (exact) mass is 336 g/mol. The summed E-state index contributed by atoms with van der Waals surface area (Å²) in [6, 6.07) is 2.05. The number of likely N-dealkylation sites (N-methyl/N-ethyl adjacent to an activating group) is 2. The first kappa shape index (κ1) is 16.2. The van der Waals surface area contributed by atoms with E-state index in [0.29, 0.717) is 22.7 Å². The van der Waals surface area contributed by atoms with Gasteiger partial charge in [0.05, 0.1) is 5.88 Å². The highest BCUT2D eigenvalue weighted by atomic mass is 35.5. The summed E-state index contributed by atoms with van der Waals surface area (Å²) in [7, 11) is 0.323. The molecule has 20 heavy (non-hydrogen) atoms. The zero-order valence-corrected chi connectivity index (χ0v) is 14.5. The van der Waals surface area contributed by atoms with Crippen molar-refractivity contribution >= 4 is 33.0 Å². The molecule has 0 aliphatic carbocycles. The molecule has 2 rings (SSSR count). The highest BCUT2D eigenvalue weighted by molar-refractivity contribution is 7.91. The van der Waals surface area contributed by atoms with Gasteiger partial charge in [0.15, 0.2) is 0 Å². The zero-order valence-electron chi connectivity index (χ0n) is 12.1. The van der Waals surface area contributed by atoms with Crippen LogP contribution in [0, 0.1) is 6.92 Å². The van der Waals surface area contributed by atoms with Crippen LogP contribution in [0.15, 0.2) is 10.3 Å². The number of rotatable bonds is 5. The van der Waals surface area contributed by atoms with Crippen LogP contribution in [-0.4, -0.2) is 50.8 Å². The quantitative estimate of drug-likeness (QED) is 0.776. The Hall–Kier alpha value is -0.140.